The lowest BCUT2D eigenvalue weighted by Gasteiger charge is -2.27. The molecule has 0 amide bonds. The van der Waals surface area contributed by atoms with Crippen molar-refractivity contribution in [2.75, 3.05) is 11.4 Å². The summed E-state index contributed by atoms with van der Waals surface area (Å²) in [5.41, 5.74) is 1.76. The molecule has 0 aliphatic carbocycles. The molecular formula is C16H14FN3. The summed E-state index contributed by atoms with van der Waals surface area (Å²) in [6.07, 6.45) is 3.75. The van der Waals surface area contributed by atoms with Gasteiger partial charge in [-0.15, -0.1) is 0 Å². The fraction of sp³-hybridized carbons (Fsp3) is 0.250. The van der Waals surface area contributed by atoms with E-state index in [0.717, 1.165) is 25.1 Å². The zero-order valence-electron chi connectivity index (χ0n) is 11.0. The monoisotopic (exact) mass is 267 g/mol. The van der Waals surface area contributed by atoms with Gasteiger partial charge in [-0.25, -0.2) is 4.39 Å². The molecule has 1 atom stereocenters. The van der Waals surface area contributed by atoms with Crippen LogP contribution < -0.4 is 4.90 Å². The Morgan fingerprint density at radius 1 is 1.25 bits per heavy atom. The van der Waals surface area contributed by atoms with E-state index in [2.05, 4.69) is 9.88 Å². The highest BCUT2D eigenvalue weighted by Gasteiger charge is 2.29. The third kappa shape index (κ3) is 2.12. The van der Waals surface area contributed by atoms with Gasteiger partial charge in [0.05, 0.1) is 17.4 Å². The molecule has 1 aliphatic rings. The number of anilines is 1. The molecule has 0 spiro atoms. The zero-order valence-corrected chi connectivity index (χ0v) is 11.0. The van der Waals surface area contributed by atoms with Gasteiger partial charge >= 0.3 is 0 Å². The van der Waals surface area contributed by atoms with Crippen LogP contribution in [0.5, 0.6) is 0 Å². The Balaban J connectivity index is 2.02. The molecule has 0 N–H and O–H groups in total. The van der Waals surface area contributed by atoms with E-state index in [0.29, 0.717) is 5.69 Å². The molecule has 0 radical (unpaired) electrons. The van der Waals surface area contributed by atoms with Crippen LogP contribution in [0.1, 0.15) is 30.1 Å². The number of aromatic nitrogens is 1. The predicted molar refractivity (Wildman–Crippen MR) is 74.7 cm³/mol. The Hall–Kier alpha value is -2.41. The van der Waals surface area contributed by atoms with E-state index in [1.54, 1.807) is 12.3 Å². The summed E-state index contributed by atoms with van der Waals surface area (Å²) in [7, 11) is 0. The maximum atomic E-state index is 13.8. The molecule has 3 rings (SSSR count). The molecule has 1 saturated heterocycles. The summed E-state index contributed by atoms with van der Waals surface area (Å²) in [5.74, 6) is -0.461. The van der Waals surface area contributed by atoms with Gasteiger partial charge in [0.15, 0.2) is 0 Å². The highest BCUT2D eigenvalue weighted by Crippen LogP contribution is 2.37. The molecular weight excluding hydrogens is 253 g/mol. The van der Waals surface area contributed by atoms with Gasteiger partial charge in [-0.2, -0.15) is 5.26 Å². The van der Waals surface area contributed by atoms with Crippen molar-refractivity contribution in [1.29, 1.82) is 5.26 Å². The van der Waals surface area contributed by atoms with E-state index in [9.17, 15) is 9.65 Å². The summed E-state index contributed by atoms with van der Waals surface area (Å²) in [6, 6.07) is 12.7. The predicted octanol–water partition coefficient (Wildman–Crippen LogP) is 3.43. The fourth-order valence-corrected chi connectivity index (χ4v) is 2.80. The molecule has 1 aromatic heterocycles. The number of pyridine rings is 1. The maximum Gasteiger partial charge on any atom is 0.143 e. The molecule has 0 saturated carbocycles. The molecule has 20 heavy (non-hydrogen) atoms. The minimum atomic E-state index is -0.461. The van der Waals surface area contributed by atoms with Gasteiger partial charge in [-0.05, 0) is 37.1 Å². The van der Waals surface area contributed by atoms with Crippen molar-refractivity contribution < 1.29 is 4.39 Å². The fourth-order valence-electron chi connectivity index (χ4n) is 2.80. The van der Waals surface area contributed by atoms with Gasteiger partial charge in [0.2, 0.25) is 0 Å². The molecule has 4 heteroatoms. The van der Waals surface area contributed by atoms with Gasteiger partial charge in [0.25, 0.3) is 0 Å². The van der Waals surface area contributed by atoms with Gasteiger partial charge in [0.1, 0.15) is 17.4 Å². The molecule has 1 aliphatic heterocycles. The van der Waals surface area contributed by atoms with Crippen molar-refractivity contribution >= 4 is 5.69 Å². The summed E-state index contributed by atoms with van der Waals surface area (Å²) in [5, 5.41) is 9.18. The van der Waals surface area contributed by atoms with Crippen molar-refractivity contribution in [2.24, 2.45) is 0 Å². The second-order valence-electron chi connectivity index (χ2n) is 4.85. The second-order valence-corrected chi connectivity index (χ2v) is 4.85. The number of nitrogens with zero attached hydrogens (tertiary/aromatic N) is 3. The van der Waals surface area contributed by atoms with Crippen LogP contribution in [-0.4, -0.2) is 11.5 Å². The van der Waals surface area contributed by atoms with Crippen LogP contribution in [0, 0.1) is 17.1 Å². The molecule has 1 aromatic carbocycles. The number of rotatable bonds is 2. The Morgan fingerprint density at radius 2 is 2.15 bits per heavy atom. The highest BCUT2D eigenvalue weighted by atomic mass is 19.1. The molecule has 3 nitrogen and oxygen atoms in total. The number of halogens is 1. The van der Waals surface area contributed by atoms with Crippen molar-refractivity contribution in [3.05, 3.63) is 59.7 Å². The van der Waals surface area contributed by atoms with E-state index >= 15 is 0 Å². The smallest absolute Gasteiger partial charge is 0.143 e. The lowest BCUT2D eigenvalue weighted by Crippen LogP contribution is -2.24. The Labute approximate surface area is 117 Å². The van der Waals surface area contributed by atoms with E-state index in [-0.39, 0.29) is 11.6 Å². The lowest BCUT2D eigenvalue weighted by atomic mass is 10.1. The largest absolute Gasteiger partial charge is 0.362 e. The summed E-state index contributed by atoms with van der Waals surface area (Å²) in [6.45, 7) is 0.819. The summed E-state index contributed by atoms with van der Waals surface area (Å²) < 4.78 is 13.8. The first-order chi connectivity index (χ1) is 9.81. The molecule has 2 heterocycles. The number of hydrogen-bond acceptors (Lipinski definition) is 3. The minimum Gasteiger partial charge on any atom is -0.362 e. The van der Waals surface area contributed by atoms with E-state index in [1.807, 2.05) is 30.3 Å². The molecule has 2 aromatic rings. The van der Waals surface area contributed by atoms with Crippen molar-refractivity contribution in [3.8, 4) is 6.07 Å². The SMILES string of the molecule is N#Cc1c(F)cccc1N1CCCC1c1ccccn1. The summed E-state index contributed by atoms with van der Waals surface area (Å²) >= 11 is 0. The summed E-state index contributed by atoms with van der Waals surface area (Å²) in [4.78, 5) is 6.48. The van der Waals surface area contributed by atoms with Crippen molar-refractivity contribution in [2.45, 2.75) is 18.9 Å². The number of nitriles is 1. The first-order valence-corrected chi connectivity index (χ1v) is 6.67. The standard InChI is InChI=1S/C16H14FN3/c17-13-5-3-7-15(12(13)11-18)20-10-4-8-16(20)14-6-1-2-9-19-14/h1-3,5-7,9,16H,4,8,10H2. The lowest BCUT2D eigenvalue weighted by molar-refractivity contribution is 0.620. The van der Waals surface area contributed by atoms with Crippen LogP contribution >= 0.6 is 0 Å². The van der Waals surface area contributed by atoms with E-state index < -0.39 is 5.82 Å². The van der Waals surface area contributed by atoms with Crippen molar-refractivity contribution in [1.82, 2.24) is 4.98 Å². The van der Waals surface area contributed by atoms with Crippen LogP contribution in [0.4, 0.5) is 10.1 Å². The molecule has 0 bridgehead atoms. The van der Waals surface area contributed by atoms with Crippen molar-refractivity contribution in [3.63, 3.8) is 0 Å². The van der Waals surface area contributed by atoms with E-state index in [1.165, 1.54) is 6.07 Å². The van der Waals surface area contributed by atoms with E-state index in [4.69, 9.17) is 0 Å². The van der Waals surface area contributed by atoms with Crippen LogP contribution in [0.2, 0.25) is 0 Å². The van der Waals surface area contributed by atoms with Crippen LogP contribution in [0.25, 0.3) is 0 Å². The Morgan fingerprint density at radius 3 is 2.90 bits per heavy atom. The molecule has 1 fully saturated rings. The normalized spacial score (nSPS) is 18.0. The second kappa shape index (κ2) is 5.30. The Bertz CT molecular complexity index is 649. The quantitative estimate of drug-likeness (QED) is 0.836. The van der Waals surface area contributed by atoms with Gasteiger partial charge < -0.3 is 4.90 Å². The maximum absolute atomic E-state index is 13.8. The average molecular weight is 267 g/mol. The highest BCUT2D eigenvalue weighted by molar-refractivity contribution is 5.61. The molecule has 1 unspecified atom stereocenters. The number of benzene rings is 1. The zero-order chi connectivity index (χ0) is 13.9. The molecule has 100 valence electrons. The Kier molecular flexibility index (Phi) is 3.34. The topological polar surface area (TPSA) is 39.9 Å². The third-order valence-electron chi connectivity index (χ3n) is 3.69. The first kappa shape index (κ1) is 12.6. The third-order valence-corrected chi connectivity index (χ3v) is 3.69. The van der Waals surface area contributed by atoms with Crippen LogP contribution in [0.15, 0.2) is 42.6 Å². The average Bonchev–Trinajstić information content (AvgIpc) is 2.97. The van der Waals surface area contributed by atoms with Gasteiger partial charge in [-0.3, -0.25) is 4.98 Å². The van der Waals surface area contributed by atoms with Gasteiger partial charge in [0, 0.05) is 12.7 Å². The minimum absolute atomic E-state index is 0.116. The van der Waals surface area contributed by atoms with Gasteiger partial charge in [-0.1, -0.05) is 12.1 Å². The first-order valence-electron chi connectivity index (χ1n) is 6.67. The van der Waals surface area contributed by atoms with Crippen LogP contribution in [0.3, 0.4) is 0 Å². The number of hydrogen-bond donors (Lipinski definition) is 0. The van der Waals surface area contributed by atoms with Crippen LogP contribution in [-0.2, 0) is 0 Å².